The number of thioether (sulfide) groups is 1. The first kappa shape index (κ1) is 21.6. The summed E-state index contributed by atoms with van der Waals surface area (Å²) < 4.78 is 7.30. The van der Waals surface area contributed by atoms with Crippen LogP contribution in [0, 0.1) is 0 Å². The number of hydrogen-bond acceptors (Lipinski definition) is 6. The number of rotatable bonds is 9. The molecule has 3 rings (SSSR count). The Balaban J connectivity index is 1.63. The van der Waals surface area contributed by atoms with Gasteiger partial charge in [0, 0.05) is 30.9 Å². The van der Waals surface area contributed by atoms with Gasteiger partial charge in [0.1, 0.15) is 0 Å². The predicted molar refractivity (Wildman–Crippen MR) is 116 cm³/mol. The van der Waals surface area contributed by atoms with Crippen LogP contribution in [0.1, 0.15) is 31.1 Å². The van der Waals surface area contributed by atoms with Crippen molar-refractivity contribution in [3.05, 3.63) is 48.2 Å². The second-order valence-electron chi connectivity index (χ2n) is 6.42. The van der Waals surface area contributed by atoms with Gasteiger partial charge in [-0.1, -0.05) is 17.8 Å². The van der Waals surface area contributed by atoms with Crippen LogP contribution in [-0.2, 0) is 11.3 Å². The Morgan fingerprint density at radius 1 is 1.13 bits per heavy atom. The van der Waals surface area contributed by atoms with E-state index in [9.17, 15) is 9.59 Å². The molecule has 0 atom stereocenters. The Labute approximate surface area is 179 Å². The van der Waals surface area contributed by atoms with E-state index in [1.165, 1.54) is 11.8 Å². The maximum Gasteiger partial charge on any atom is 0.253 e. The number of nitrogens with zero attached hydrogens (tertiary/aromatic N) is 4. The van der Waals surface area contributed by atoms with Crippen LogP contribution in [0.4, 0.5) is 5.69 Å². The lowest BCUT2D eigenvalue weighted by atomic mass is 10.1. The number of benzene rings is 1. The van der Waals surface area contributed by atoms with Crippen molar-refractivity contribution in [2.75, 3.05) is 24.2 Å². The average molecular weight is 428 g/mol. The summed E-state index contributed by atoms with van der Waals surface area (Å²) in [6.07, 6.45) is 1.59. The van der Waals surface area contributed by atoms with E-state index in [-0.39, 0.29) is 17.6 Å². The van der Waals surface area contributed by atoms with Crippen LogP contribution in [0.25, 0.3) is 11.6 Å². The maximum atomic E-state index is 12.5. The minimum atomic E-state index is -0.183. The first-order valence-corrected chi connectivity index (χ1v) is 10.8. The number of aromatic nitrogens is 3. The van der Waals surface area contributed by atoms with Gasteiger partial charge in [-0.25, -0.2) is 0 Å². The minimum Gasteiger partial charge on any atom is -0.461 e. The summed E-state index contributed by atoms with van der Waals surface area (Å²) in [7, 11) is 0. The summed E-state index contributed by atoms with van der Waals surface area (Å²) in [5.41, 5.74) is 1.14. The zero-order valence-corrected chi connectivity index (χ0v) is 18.1. The molecule has 30 heavy (non-hydrogen) atoms. The molecule has 0 saturated heterocycles. The van der Waals surface area contributed by atoms with Crippen LogP contribution < -0.4 is 5.32 Å². The van der Waals surface area contributed by atoms with Crippen molar-refractivity contribution in [2.24, 2.45) is 0 Å². The van der Waals surface area contributed by atoms with Crippen molar-refractivity contribution in [1.82, 2.24) is 19.7 Å². The van der Waals surface area contributed by atoms with Gasteiger partial charge in [-0.2, -0.15) is 0 Å². The van der Waals surface area contributed by atoms with Crippen LogP contribution in [0.2, 0.25) is 0 Å². The number of anilines is 1. The number of amides is 2. The molecule has 0 spiro atoms. The van der Waals surface area contributed by atoms with Gasteiger partial charge in [-0.05, 0) is 51.1 Å². The van der Waals surface area contributed by atoms with E-state index in [2.05, 4.69) is 15.5 Å². The third kappa shape index (κ3) is 4.91. The van der Waals surface area contributed by atoms with E-state index in [1.54, 1.807) is 41.5 Å². The quantitative estimate of drug-likeness (QED) is 0.523. The average Bonchev–Trinajstić information content (AvgIpc) is 3.42. The standard InChI is InChI=1S/C21H25N5O3S/c1-4-25(5-2)20(28)15-9-7-10-16(13-15)22-18(27)14-30-21-24-23-19(26(21)6-3)17-11-8-12-29-17/h7-13H,4-6,14H2,1-3H3,(H,22,27). The summed E-state index contributed by atoms with van der Waals surface area (Å²) in [4.78, 5) is 26.7. The molecule has 2 amide bonds. The zero-order valence-electron chi connectivity index (χ0n) is 17.3. The molecular formula is C21H25N5O3S. The molecule has 2 heterocycles. The molecule has 0 aliphatic carbocycles. The summed E-state index contributed by atoms with van der Waals surface area (Å²) in [6, 6.07) is 10.6. The first-order chi connectivity index (χ1) is 14.6. The second-order valence-corrected chi connectivity index (χ2v) is 7.37. The lowest BCUT2D eigenvalue weighted by molar-refractivity contribution is -0.113. The van der Waals surface area contributed by atoms with Crippen LogP contribution in [-0.4, -0.2) is 50.3 Å². The second kappa shape index (κ2) is 10.1. The fourth-order valence-corrected chi connectivity index (χ4v) is 3.82. The topological polar surface area (TPSA) is 93.3 Å². The number of carbonyl (C=O) groups excluding carboxylic acids is 2. The molecule has 0 bridgehead atoms. The summed E-state index contributed by atoms with van der Waals surface area (Å²) in [6.45, 7) is 7.80. The Morgan fingerprint density at radius 2 is 1.93 bits per heavy atom. The maximum absolute atomic E-state index is 12.5. The molecule has 0 saturated carbocycles. The highest BCUT2D eigenvalue weighted by molar-refractivity contribution is 7.99. The van der Waals surface area contributed by atoms with Gasteiger partial charge in [-0.15, -0.1) is 10.2 Å². The molecule has 1 aromatic carbocycles. The van der Waals surface area contributed by atoms with E-state index < -0.39 is 0 Å². The highest BCUT2D eigenvalue weighted by Crippen LogP contribution is 2.24. The summed E-state index contributed by atoms with van der Waals surface area (Å²) >= 11 is 1.30. The molecule has 0 unspecified atom stereocenters. The fourth-order valence-electron chi connectivity index (χ4n) is 3.02. The van der Waals surface area contributed by atoms with E-state index >= 15 is 0 Å². The smallest absolute Gasteiger partial charge is 0.253 e. The van der Waals surface area contributed by atoms with Crippen molar-refractivity contribution >= 4 is 29.3 Å². The number of hydrogen-bond donors (Lipinski definition) is 1. The first-order valence-electron chi connectivity index (χ1n) is 9.86. The third-order valence-corrected chi connectivity index (χ3v) is 5.52. The van der Waals surface area contributed by atoms with Gasteiger partial charge in [0.25, 0.3) is 5.91 Å². The molecule has 0 radical (unpaired) electrons. The normalized spacial score (nSPS) is 10.8. The molecular weight excluding hydrogens is 402 g/mol. The molecule has 2 aromatic heterocycles. The van der Waals surface area contributed by atoms with Gasteiger partial charge in [0.2, 0.25) is 5.91 Å². The van der Waals surface area contributed by atoms with E-state index in [4.69, 9.17) is 4.42 Å². The monoisotopic (exact) mass is 427 g/mol. The molecule has 0 aliphatic rings. The zero-order chi connectivity index (χ0) is 21.5. The van der Waals surface area contributed by atoms with Crippen molar-refractivity contribution in [3.63, 3.8) is 0 Å². The van der Waals surface area contributed by atoms with Crippen molar-refractivity contribution in [3.8, 4) is 11.6 Å². The molecule has 0 fully saturated rings. The Hall–Kier alpha value is -3.07. The minimum absolute atomic E-state index is 0.0491. The van der Waals surface area contributed by atoms with E-state index in [0.717, 1.165) is 0 Å². The summed E-state index contributed by atoms with van der Waals surface area (Å²) in [5, 5.41) is 11.9. The van der Waals surface area contributed by atoms with Gasteiger partial charge >= 0.3 is 0 Å². The Bertz CT molecular complexity index is 996. The molecule has 1 N–H and O–H groups in total. The summed E-state index contributed by atoms with van der Waals surface area (Å²) in [5.74, 6) is 1.21. The van der Waals surface area contributed by atoms with Crippen molar-refractivity contribution < 1.29 is 14.0 Å². The SMILES string of the molecule is CCN(CC)C(=O)c1cccc(NC(=O)CSc2nnc(-c3ccco3)n2CC)c1. The molecule has 0 aliphatic heterocycles. The number of carbonyl (C=O) groups is 2. The third-order valence-electron chi connectivity index (χ3n) is 4.55. The van der Waals surface area contributed by atoms with Crippen LogP contribution >= 0.6 is 11.8 Å². The van der Waals surface area contributed by atoms with Gasteiger partial charge in [0.05, 0.1) is 12.0 Å². The molecule has 8 nitrogen and oxygen atoms in total. The highest BCUT2D eigenvalue weighted by Gasteiger charge is 2.17. The Kier molecular flexibility index (Phi) is 7.29. The van der Waals surface area contributed by atoms with Gasteiger partial charge in [0.15, 0.2) is 16.7 Å². The van der Waals surface area contributed by atoms with Gasteiger partial charge < -0.3 is 14.6 Å². The van der Waals surface area contributed by atoms with E-state index in [1.807, 2.05) is 31.4 Å². The lowest BCUT2D eigenvalue weighted by Crippen LogP contribution is -2.30. The molecule has 3 aromatic rings. The molecule has 9 heteroatoms. The lowest BCUT2D eigenvalue weighted by Gasteiger charge is -2.19. The van der Waals surface area contributed by atoms with E-state index in [0.29, 0.717) is 47.6 Å². The Morgan fingerprint density at radius 3 is 2.60 bits per heavy atom. The number of nitrogens with one attached hydrogen (secondary N) is 1. The fraction of sp³-hybridized carbons (Fsp3) is 0.333. The highest BCUT2D eigenvalue weighted by atomic mass is 32.2. The molecule has 158 valence electrons. The predicted octanol–water partition coefficient (Wildman–Crippen LogP) is 3.77. The van der Waals surface area contributed by atoms with Crippen LogP contribution in [0.5, 0.6) is 0 Å². The number of furan rings is 1. The van der Waals surface area contributed by atoms with Crippen molar-refractivity contribution in [1.29, 1.82) is 0 Å². The van der Waals surface area contributed by atoms with Crippen LogP contribution in [0.3, 0.4) is 0 Å². The van der Waals surface area contributed by atoms with Gasteiger partial charge in [-0.3, -0.25) is 14.2 Å². The van der Waals surface area contributed by atoms with Crippen molar-refractivity contribution in [2.45, 2.75) is 32.5 Å². The largest absolute Gasteiger partial charge is 0.461 e. The van der Waals surface area contributed by atoms with Crippen LogP contribution in [0.15, 0.2) is 52.2 Å².